The van der Waals surface area contributed by atoms with Crippen LogP contribution in [0, 0.1) is 0 Å². The number of nitrogens with one attached hydrogen (secondary N) is 1. The van der Waals surface area contributed by atoms with Crippen LogP contribution < -0.4 is 10.1 Å². The van der Waals surface area contributed by atoms with Crippen LogP contribution in [0.5, 0.6) is 5.75 Å². The minimum atomic E-state index is -4.01. The smallest absolute Gasteiger partial charge is 0.265 e. The zero-order valence-corrected chi connectivity index (χ0v) is 13.7. The summed E-state index contributed by atoms with van der Waals surface area (Å²) in [6.45, 7) is 0.777. The molecular formula is C17H21NO4S. The fourth-order valence-electron chi connectivity index (χ4n) is 3.04. The molecule has 1 atom stereocenters. The zero-order valence-electron chi connectivity index (χ0n) is 12.9. The second-order valence-corrected chi connectivity index (χ2v) is 7.60. The van der Waals surface area contributed by atoms with E-state index in [1.807, 2.05) is 42.5 Å². The van der Waals surface area contributed by atoms with Crippen molar-refractivity contribution in [3.8, 4) is 5.75 Å². The molecule has 3 rings (SSSR count). The van der Waals surface area contributed by atoms with Gasteiger partial charge in [-0.05, 0) is 42.3 Å². The van der Waals surface area contributed by atoms with Crippen molar-refractivity contribution in [1.82, 2.24) is 5.32 Å². The first-order valence-corrected chi connectivity index (χ1v) is 9.45. The molecule has 2 aromatic carbocycles. The second kappa shape index (κ2) is 6.47. The lowest BCUT2D eigenvalue weighted by Crippen LogP contribution is -2.54. The average Bonchev–Trinajstić information content (AvgIpc) is 2.53. The summed E-state index contributed by atoms with van der Waals surface area (Å²) in [5, 5.41) is 5.51. The first kappa shape index (κ1) is 16.2. The van der Waals surface area contributed by atoms with Crippen LogP contribution in [-0.2, 0) is 10.1 Å². The van der Waals surface area contributed by atoms with Crippen LogP contribution >= 0.6 is 0 Å². The standard InChI is InChI=1S/C17H21NO4S/c19-23(20,21)12-10-17(9-3-4-11-18-17)22-16-8-7-14-5-1-2-6-15(14)13-16/h1-2,5-8,13,18H,3-4,9-12H2,(H,19,20,21). The topological polar surface area (TPSA) is 75.6 Å². The highest BCUT2D eigenvalue weighted by Gasteiger charge is 2.35. The zero-order chi connectivity index (χ0) is 16.3. The molecule has 0 amide bonds. The molecule has 1 aliphatic rings. The van der Waals surface area contributed by atoms with Crippen LogP contribution in [0.3, 0.4) is 0 Å². The van der Waals surface area contributed by atoms with Crippen LogP contribution in [0.4, 0.5) is 0 Å². The highest BCUT2D eigenvalue weighted by molar-refractivity contribution is 7.85. The summed E-state index contributed by atoms with van der Waals surface area (Å²) < 4.78 is 37.5. The quantitative estimate of drug-likeness (QED) is 0.822. The Kier molecular flexibility index (Phi) is 4.57. The van der Waals surface area contributed by atoms with Gasteiger partial charge in [0.25, 0.3) is 10.1 Å². The molecule has 1 unspecified atom stereocenters. The Morgan fingerprint density at radius 1 is 1.13 bits per heavy atom. The molecule has 0 saturated carbocycles. The molecule has 5 nitrogen and oxygen atoms in total. The van der Waals surface area contributed by atoms with Crippen molar-refractivity contribution in [2.24, 2.45) is 0 Å². The molecule has 1 aliphatic heterocycles. The Labute approximate surface area is 136 Å². The van der Waals surface area contributed by atoms with Crippen molar-refractivity contribution in [2.45, 2.75) is 31.4 Å². The van der Waals surface area contributed by atoms with E-state index in [1.54, 1.807) is 0 Å². The lowest BCUT2D eigenvalue weighted by atomic mass is 9.98. The van der Waals surface area contributed by atoms with Gasteiger partial charge in [-0.15, -0.1) is 0 Å². The normalized spacial score (nSPS) is 22.1. The third-order valence-corrected chi connectivity index (χ3v) is 4.97. The maximum atomic E-state index is 11.1. The number of fused-ring (bicyclic) bond motifs is 1. The SMILES string of the molecule is O=S(=O)(O)CCC1(Oc2ccc3ccccc3c2)CCCCN1. The van der Waals surface area contributed by atoms with Crippen molar-refractivity contribution in [3.63, 3.8) is 0 Å². The highest BCUT2D eigenvalue weighted by atomic mass is 32.2. The van der Waals surface area contributed by atoms with Crippen molar-refractivity contribution < 1.29 is 17.7 Å². The molecule has 1 fully saturated rings. The minimum absolute atomic E-state index is 0.221. The number of hydrogen-bond acceptors (Lipinski definition) is 4. The van der Waals surface area contributed by atoms with E-state index >= 15 is 0 Å². The molecule has 0 aromatic heterocycles. The van der Waals surface area contributed by atoms with Gasteiger partial charge >= 0.3 is 0 Å². The summed E-state index contributed by atoms with van der Waals surface area (Å²) in [5.41, 5.74) is -0.740. The summed E-state index contributed by atoms with van der Waals surface area (Å²) in [7, 11) is -4.01. The molecule has 1 saturated heterocycles. The number of ether oxygens (including phenoxy) is 1. The molecule has 124 valence electrons. The van der Waals surface area contributed by atoms with E-state index in [1.165, 1.54) is 0 Å². The number of benzene rings is 2. The van der Waals surface area contributed by atoms with Gasteiger partial charge < -0.3 is 4.74 Å². The van der Waals surface area contributed by atoms with Crippen LogP contribution in [0.15, 0.2) is 42.5 Å². The molecule has 0 spiro atoms. The first-order valence-electron chi connectivity index (χ1n) is 7.84. The minimum Gasteiger partial charge on any atom is -0.473 e. The van der Waals surface area contributed by atoms with Gasteiger partial charge in [-0.1, -0.05) is 30.3 Å². The molecule has 0 aliphatic carbocycles. The van der Waals surface area contributed by atoms with E-state index in [0.29, 0.717) is 5.75 Å². The van der Waals surface area contributed by atoms with Gasteiger partial charge in [0.1, 0.15) is 5.75 Å². The van der Waals surface area contributed by atoms with Gasteiger partial charge in [-0.3, -0.25) is 9.87 Å². The Hall–Kier alpha value is -1.63. The second-order valence-electron chi connectivity index (χ2n) is 6.03. The Bertz CT molecular complexity index is 782. The maximum Gasteiger partial charge on any atom is 0.265 e. The first-order chi connectivity index (χ1) is 11.0. The lowest BCUT2D eigenvalue weighted by molar-refractivity contribution is 0.00425. The molecule has 0 bridgehead atoms. The number of rotatable bonds is 5. The fourth-order valence-corrected chi connectivity index (χ4v) is 3.63. The molecule has 1 heterocycles. The monoisotopic (exact) mass is 335 g/mol. The van der Waals surface area contributed by atoms with E-state index in [2.05, 4.69) is 5.32 Å². The molecule has 2 N–H and O–H groups in total. The lowest BCUT2D eigenvalue weighted by Gasteiger charge is -2.38. The summed E-state index contributed by atoms with van der Waals surface area (Å²) >= 11 is 0. The Balaban J connectivity index is 1.84. The third kappa shape index (κ3) is 4.22. The fraction of sp³-hybridized carbons (Fsp3) is 0.412. The molecule has 2 aromatic rings. The van der Waals surface area contributed by atoms with E-state index in [0.717, 1.165) is 36.6 Å². The third-order valence-electron chi connectivity index (χ3n) is 4.25. The summed E-state index contributed by atoms with van der Waals surface area (Å²) in [4.78, 5) is 0. The summed E-state index contributed by atoms with van der Waals surface area (Å²) in [6, 6.07) is 13.9. The molecular weight excluding hydrogens is 314 g/mol. The predicted molar refractivity (Wildman–Crippen MR) is 90.2 cm³/mol. The Morgan fingerprint density at radius 3 is 2.61 bits per heavy atom. The largest absolute Gasteiger partial charge is 0.473 e. The van der Waals surface area contributed by atoms with Crippen molar-refractivity contribution >= 4 is 20.9 Å². The summed E-state index contributed by atoms with van der Waals surface area (Å²) in [6.07, 6.45) is 2.94. The van der Waals surface area contributed by atoms with Gasteiger partial charge in [0.15, 0.2) is 5.72 Å². The van der Waals surface area contributed by atoms with Crippen LogP contribution in [0.2, 0.25) is 0 Å². The van der Waals surface area contributed by atoms with Crippen molar-refractivity contribution in [3.05, 3.63) is 42.5 Å². The Morgan fingerprint density at radius 2 is 1.91 bits per heavy atom. The molecule has 23 heavy (non-hydrogen) atoms. The van der Waals surface area contributed by atoms with Gasteiger partial charge in [0, 0.05) is 12.8 Å². The van der Waals surface area contributed by atoms with Crippen molar-refractivity contribution in [2.75, 3.05) is 12.3 Å². The van der Waals surface area contributed by atoms with Gasteiger partial charge in [-0.2, -0.15) is 8.42 Å². The van der Waals surface area contributed by atoms with E-state index in [4.69, 9.17) is 9.29 Å². The maximum absolute atomic E-state index is 11.1. The number of hydrogen-bond donors (Lipinski definition) is 2. The average molecular weight is 335 g/mol. The highest BCUT2D eigenvalue weighted by Crippen LogP contribution is 2.29. The van der Waals surface area contributed by atoms with Crippen molar-refractivity contribution in [1.29, 1.82) is 0 Å². The van der Waals surface area contributed by atoms with E-state index in [9.17, 15) is 8.42 Å². The van der Waals surface area contributed by atoms with Gasteiger partial charge in [0.05, 0.1) is 5.75 Å². The van der Waals surface area contributed by atoms with Crippen LogP contribution in [-0.4, -0.2) is 31.0 Å². The molecule has 6 heteroatoms. The van der Waals surface area contributed by atoms with E-state index in [-0.39, 0.29) is 12.2 Å². The van der Waals surface area contributed by atoms with Gasteiger partial charge in [0.2, 0.25) is 0 Å². The van der Waals surface area contributed by atoms with E-state index < -0.39 is 15.8 Å². The van der Waals surface area contributed by atoms with Gasteiger partial charge in [-0.25, -0.2) is 0 Å². The predicted octanol–water partition coefficient (Wildman–Crippen LogP) is 2.97. The van der Waals surface area contributed by atoms with Crippen LogP contribution in [0.1, 0.15) is 25.7 Å². The number of piperidine rings is 1. The molecule has 0 radical (unpaired) electrons. The summed E-state index contributed by atoms with van der Waals surface area (Å²) in [5.74, 6) is 0.390. The van der Waals surface area contributed by atoms with Crippen LogP contribution in [0.25, 0.3) is 10.8 Å².